The van der Waals surface area contributed by atoms with E-state index in [9.17, 15) is 9.59 Å². The Morgan fingerprint density at radius 2 is 2.00 bits per heavy atom. The van der Waals surface area contributed by atoms with E-state index in [1.165, 1.54) is 12.0 Å². The molecule has 0 bridgehead atoms. The van der Waals surface area contributed by atoms with E-state index in [-0.39, 0.29) is 18.4 Å². The smallest absolute Gasteiger partial charge is 0.257 e. The SMILES string of the molecule is COc1c(N)cccc1C(=O)N(C)CC(=O)N1CCCC1. The molecule has 0 aliphatic carbocycles. The zero-order chi connectivity index (χ0) is 15.4. The molecule has 0 radical (unpaired) electrons. The molecule has 6 nitrogen and oxygen atoms in total. The van der Waals surface area contributed by atoms with E-state index < -0.39 is 0 Å². The Morgan fingerprint density at radius 1 is 1.33 bits per heavy atom. The normalized spacial score (nSPS) is 14.1. The van der Waals surface area contributed by atoms with E-state index in [2.05, 4.69) is 0 Å². The minimum absolute atomic E-state index is 0.0220. The first-order valence-corrected chi connectivity index (χ1v) is 7.00. The second-order valence-corrected chi connectivity index (χ2v) is 5.18. The number of nitrogens with two attached hydrogens (primary N) is 1. The van der Waals surface area contributed by atoms with Crippen LogP contribution in [-0.2, 0) is 4.79 Å². The maximum absolute atomic E-state index is 12.4. The van der Waals surface area contributed by atoms with Crippen LogP contribution >= 0.6 is 0 Å². The lowest BCUT2D eigenvalue weighted by Crippen LogP contribution is -2.39. The van der Waals surface area contributed by atoms with E-state index in [0.29, 0.717) is 17.0 Å². The molecule has 21 heavy (non-hydrogen) atoms. The van der Waals surface area contributed by atoms with Gasteiger partial charge in [-0.3, -0.25) is 9.59 Å². The predicted molar refractivity (Wildman–Crippen MR) is 80.2 cm³/mol. The zero-order valence-corrected chi connectivity index (χ0v) is 12.5. The number of benzene rings is 1. The average molecular weight is 291 g/mol. The molecule has 1 fully saturated rings. The number of carbonyl (C=O) groups is 2. The molecule has 1 saturated heterocycles. The first kappa shape index (κ1) is 15.2. The molecular weight excluding hydrogens is 270 g/mol. The highest BCUT2D eigenvalue weighted by molar-refractivity contribution is 6.00. The Hall–Kier alpha value is -2.24. The van der Waals surface area contributed by atoms with Gasteiger partial charge in [0.1, 0.15) is 0 Å². The molecule has 2 amide bonds. The van der Waals surface area contributed by atoms with Crippen LogP contribution < -0.4 is 10.5 Å². The van der Waals surface area contributed by atoms with Crippen molar-refractivity contribution < 1.29 is 14.3 Å². The summed E-state index contributed by atoms with van der Waals surface area (Å²) in [6.45, 7) is 1.63. The highest BCUT2D eigenvalue weighted by Gasteiger charge is 2.23. The molecule has 114 valence electrons. The van der Waals surface area contributed by atoms with Gasteiger partial charge >= 0.3 is 0 Å². The lowest BCUT2D eigenvalue weighted by atomic mass is 10.1. The van der Waals surface area contributed by atoms with Gasteiger partial charge in [0.05, 0.1) is 24.9 Å². The molecule has 1 aromatic carbocycles. The largest absolute Gasteiger partial charge is 0.494 e. The average Bonchev–Trinajstić information content (AvgIpc) is 3.00. The van der Waals surface area contributed by atoms with Crippen molar-refractivity contribution in [2.24, 2.45) is 0 Å². The number of nitrogen functional groups attached to an aromatic ring is 1. The van der Waals surface area contributed by atoms with Crippen molar-refractivity contribution in [3.05, 3.63) is 23.8 Å². The Kier molecular flexibility index (Phi) is 4.67. The number of para-hydroxylation sites is 1. The van der Waals surface area contributed by atoms with Gasteiger partial charge in [-0.2, -0.15) is 0 Å². The molecule has 0 aromatic heterocycles. The van der Waals surface area contributed by atoms with Crippen molar-refractivity contribution >= 4 is 17.5 Å². The van der Waals surface area contributed by atoms with Gasteiger partial charge in [-0.1, -0.05) is 6.07 Å². The number of hydrogen-bond acceptors (Lipinski definition) is 4. The molecule has 2 rings (SSSR count). The van der Waals surface area contributed by atoms with Crippen molar-refractivity contribution in [3.8, 4) is 5.75 Å². The Bertz CT molecular complexity index is 539. The van der Waals surface area contributed by atoms with Crippen LogP contribution in [0.2, 0.25) is 0 Å². The fourth-order valence-corrected chi connectivity index (χ4v) is 2.50. The molecule has 1 aromatic rings. The number of ether oxygens (including phenoxy) is 1. The minimum Gasteiger partial charge on any atom is -0.494 e. The third-order valence-electron chi connectivity index (χ3n) is 3.66. The molecule has 0 spiro atoms. The molecule has 2 N–H and O–H groups in total. The van der Waals surface area contributed by atoms with E-state index >= 15 is 0 Å². The van der Waals surface area contributed by atoms with Crippen LogP contribution in [0.3, 0.4) is 0 Å². The van der Waals surface area contributed by atoms with Crippen LogP contribution in [0.5, 0.6) is 5.75 Å². The second-order valence-electron chi connectivity index (χ2n) is 5.18. The summed E-state index contributed by atoms with van der Waals surface area (Å²) >= 11 is 0. The number of anilines is 1. The lowest BCUT2D eigenvalue weighted by Gasteiger charge is -2.22. The number of likely N-dealkylation sites (tertiary alicyclic amines) is 1. The zero-order valence-electron chi connectivity index (χ0n) is 12.5. The van der Waals surface area contributed by atoms with Crippen molar-refractivity contribution in [2.45, 2.75) is 12.8 Å². The van der Waals surface area contributed by atoms with Gasteiger partial charge in [0, 0.05) is 20.1 Å². The summed E-state index contributed by atoms with van der Waals surface area (Å²) < 4.78 is 5.18. The number of nitrogens with zero attached hydrogens (tertiary/aromatic N) is 2. The number of amides is 2. The first-order chi connectivity index (χ1) is 10.0. The highest BCUT2D eigenvalue weighted by atomic mass is 16.5. The van der Waals surface area contributed by atoms with E-state index in [4.69, 9.17) is 10.5 Å². The Labute approximate surface area is 124 Å². The van der Waals surface area contributed by atoms with Gasteiger partial charge in [-0.05, 0) is 25.0 Å². The second kappa shape index (κ2) is 6.47. The monoisotopic (exact) mass is 291 g/mol. The van der Waals surface area contributed by atoms with E-state index in [0.717, 1.165) is 25.9 Å². The van der Waals surface area contributed by atoms with Crippen LogP contribution in [0.4, 0.5) is 5.69 Å². The molecule has 0 unspecified atom stereocenters. The lowest BCUT2D eigenvalue weighted by molar-refractivity contribution is -0.130. The summed E-state index contributed by atoms with van der Waals surface area (Å²) in [5.74, 6) is 0.0564. The van der Waals surface area contributed by atoms with Gasteiger partial charge in [-0.25, -0.2) is 0 Å². The molecule has 0 atom stereocenters. The molecule has 1 aliphatic rings. The highest BCUT2D eigenvalue weighted by Crippen LogP contribution is 2.26. The quantitative estimate of drug-likeness (QED) is 0.839. The number of carbonyl (C=O) groups excluding carboxylic acids is 2. The summed E-state index contributed by atoms with van der Waals surface area (Å²) in [5, 5.41) is 0. The maximum atomic E-state index is 12.4. The van der Waals surface area contributed by atoms with Gasteiger partial charge < -0.3 is 20.3 Å². The summed E-state index contributed by atoms with van der Waals surface area (Å²) in [5.41, 5.74) is 6.57. The van der Waals surface area contributed by atoms with E-state index in [1.54, 1.807) is 30.1 Å². The van der Waals surface area contributed by atoms with Gasteiger partial charge in [0.15, 0.2) is 5.75 Å². The molecular formula is C15H21N3O3. The minimum atomic E-state index is -0.272. The van der Waals surface area contributed by atoms with Crippen molar-refractivity contribution in [3.63, 3.8) is 0 Å². The third-order valence-corrected chi connectivity index (χ3v) is 3.66. The van der Waals surface area contributed by atoms with Crippen molar-refractivity contribution in [1.82, 2.24) is 9.80 Å². The van der Waals surface area contributed by atoms with Gasteiger partial charge in [-0.15, -0.1) is 0 Å². The standard InChI is InChI=1S/C15H21N3O3/c1-17(10-13(19)18-8-3-4-9-18)15(20)11-6-5-7-12(16)14(11)21-2/h5-7H,3-4,8-10,16H2,1-2H3. The van der Waals surface area contributed by atoms with Gasteiger partial charge in [0.25, 0.3) is 5.91 Å². The Balaban J connectivity index is 2.08. The number of rotatable bonds is 4. The summed E-state index contributed by atoms with van der Waals surface area (Å²) in [6, 6.07) is 5.01. The predicted octanol–water partition coefficient (Wildman–Crippen LogP) is 0.972. The van der Waals surface area contributed by atoms with Crippen LogP contribution in [0, 0.1) is 0 Å². The summed E-state index contributed by atoms with van der Waals surface area (Å²) in [4.78, 5) is 27.7. The number of hydrogen-bond donors (Lipinski definition) is 1. The molecule has 0 saturated carbocycles. The third kappa shape index (κ3) is 3.26. The number of methoxy groups -OCH3 is 1. The first-order valence-electron chi connectivity index (χ1n) is 7.00. The Morgan fingerprint density at radius 3 is 2.62 bits per heavy atom. The van der Waals surface area contributed by atoms with E-state index in [1.807, 2.05) is 0 Å². The van der Waals surface area contributed by atoms with Crippen LogP contribution in [0.25, 0.3) is 0 Å². The topological polar surface area (TPSA) is 75.9 Å². The van der Waals surface area contributed by atoms with Crippen LogP contribution in [-0.4, -0.2) is 55.4 Å². The molecule has 1 heterocycles. The van der Waals surface area contributed by atoms with Crippen LogP contribution in [0.15, 0.2) is 18.2 Å². The fourth-order valence-electron chi connectivity index (χ4n) is 2.50. The fraction of sp³-hybridized carbons (Fsp3) is 0.467. The van der Waals surface area contributed by atoms with Crippen molar-refractivity contribution in [1.29, 1.82) is 0 Å². The molecule has 6 heteroatoms. The molecule has 1 aliphatic heterocycles. The van der Waals surface area contributed by atoms with Gasteiger partial charge in [0.2, 0.25) is 5.91 Å². The summed E-state index contributed by atoms with van der Waals surface area (Å²) in [6.07, 6.45) is 2.07. The number of likely N-dealkylation sites (N-methyl/N-ethyl adjacent to an activating group) is 1. The summed E-state index contributed by atoms with van der Waals surface area (Å²) in [7, 11) is 3.08. The maximum Gasteiger partial charge on any atom is 0.257 e. The van der Waals surface area contributed by atoms with Crippen LogP contribution in [0.1, 0.15) is 23.2 Å². The van der Waals surface area contributed by atoms with Crippen molar-refractivity contribution in [2.75, 3.05) is 39.5 Å².